The van der Waals surface area contributed by atoms with Crippen molar-refractivity contribution in [3.63, 3.8) is 0 Å². The largest absolute Gasteiger partial charge is 0.482 e. The molecule has 0 unspecified atom stereocenters. The number of hydrogen-bond donors (Lipinski definition) is 3. The fraction of sp³-hybridized carbons (Fsp3) is 0.600. The SMILES string of the molecule is C=C[C@]1(C)C[C@@H](OC(=O)COc2ccc3c(c2)B(O)N(C(=O)O)N=C3)[C@]2(C)[C@H](C)CC[C@]3(C[C@H](F)C(=O)[C@H]32)[C@@H](C)[C@@H]1O. The number of nitrogens with zero attached hydrogens (tertiary/aromatic N) is 2. The molecule has 12 heteroatoms. The summed E-state index contributed by atoms with van der Waals surface area (Å²) in [6.45, 7) is 11.1. The number of esters is 1. The van der Waals surface area contributed by atoms with Gasteiger partial charge >= 0.3 is 19.1 Å². The highest BCUT2D eigenvalue weighted by atomic mass is 19.1. The van der Waals surface area contributed by atoms with Crippen LogP contribution in [0.15, 0.2) is 36.0 Å². The normalized spacial score (nSPS) is 39.1. The van der Waals surface area contributed by atoms with E-state index < -0.39 is 72.0 Å². The topological polar surface area (TPSA) is 146 Å². The van der Waals surface area contributed by atoms with Crippen LogP contribution in [-0.4, -0.2) is 76.3 Å². The smallest absolute Gasteiger partial charge is 0.478 e. The molecule has 10 nitrogen and oxygen atoms in total. The van der Waals surface area contributed by atoms with Gasteiger partial charge in [0.15, 0.2) is 18.6 Å². The maximum Gasteiger partial charge on any atom is 0.478 e. The Bertz CT molecular complexity index is 1340. The number of ketones is 1. The number of aliphatic hydroxyl groups excluding tert-OH is 1. The minimum absolute atomic E-state index is 0.0439. The van der Waals surface area contributed by atoms with E-state index in [4.69, 9.17) is 9.47 Å². The van der Waals surface area contributed by atoms with Crippen molar-refractivity contribution in [2.45, 2.75) is 71.8 Å². The van der Waals surface area contributed by atoms with Crippen molar-refractivity contribution in [2.75, 3.05) is 6.61 Å². The fourth-order valence-corrected chi connectivity index (χ4v) is 8.24. The summed E-state index contributed by atoms with van der Waals surface area (Å²) in [5, 5.41) is 35.0. The van der Waals surface area contributed by atoms with Gasteiger partial charge in [0.05, 0.1) is 12.3 Å². The first-order valence-electron chi connectivity index (χ1n) is 14.4. The Kier molecular flexibility index (Phi) is 7.54. The highest BCUT2D eigenvalue weighted by molar-refractivity contribution is 6.67. The molecule has 2 bridgehead atoms. The molecule has 0 radical (unpaired) electrons. The number of alkyl halides is 1. The van der Waals surface area contributed by atoms with Gasteiger partial charge in [0.25, 0.3) is 0 Å². The van der Waals surface area contributed by atoms with E-state index in [0.29, 0.717) is 23.3 Å². The number of carbonyl (C=O) groups is 3. The van der Waals surface area contributed by atoms with Crippen LogP contribution < -0.4 is 10.2 Å². The lowest BCUT2D eigenvalue weighted by Crippen LogP contribution is -2.63. The molecule has 9 atom stereocenters. The third-order valence-electron chi connectivity index (χ3n) is 11.0. The number of carboxylic acid groups (broad SMARTS) is 1. The van der Waals surface area contributed by atoms with E-state index in [-0.39, 0.29) is 35.9 Å². The lowest BCUT2D eigenvalue weighted by atomic mass is 9.44. The molecule has 1 amide bonds. The maximum absolute atomic E-state index is 15.3. The van der Waals surface area contributed by atoms with Crippen LogP contribution in [0.2, 0.25) is 0 Å². The molecule has 1 aromatic rings. The predicted molar refractivity (Wildman–Crippen MR) is 152 cm³/mol. The van der Waals surface area contributed by atoms with Gasteiger partial charge in [0, 0.05) is 16.7 Å². The minimum Gasteiger partial charge on any atom is -0.482 e. The zero-order valence-corrected chi connectivity index (χ0v) is 24.3. The molecule has 3 N–H and O–H groups in total. The van der Waals surface area contributed by atoms with Gasteiger partial charge in [-0.2, -0.15) is 5.10 Å². The standard InChI is InChI=1S/C30H38BFN2O8/c1-6-28(4)13-22(29(5)16(2)9-10-30(17(3)26(28)37)12-21(32)24(36)25(29)30)42-23(35)15-41-19-8-7-18-14-33-34(27(38)39)31(40)20(18)11-19/h6-8,11,14,16-17,21-22,25-26,37,40H,1,9-10,12-13,15H2,2-5H3,(H,38,39)/t16-,17+,21+,22-,25+,26+,28-,29+,30+/m1/s1. The van der Waals surface area contributed by atoms with Crippen molar-refractivity contribution in [3.05, 3.63) is 36.4 Å². The molecule has 0 spiro atoms. The van der Waals surface area contributed by atoms with E-state index in [1.807, 2.05) is 27.7 Å². The van der Waals surface area contributed by atoms with E-state index in [0.717, 1.165) is 0 Å². The molecule has 1 aliphatic heterocycles. The van der Waals surface area contributed by atoms with Gasteiger partial charge in [-0.3, -0.25) is 4.79 Å². The first kappa shape index (κ1) is 30.2. The van der Waals surface area contributed by atoms with Crippen LogP contribution in [0.3, 0.4) is 0 Å². The van der Waals surface area contributed by atoms with Gasteiger partial charge in [0.2, 0.25) is 0 Å². The lowest BCUT2D eigenvalue weighted by Gasteiger charge is -2.61. The van der Waals surface area contributed by atoms with Crippen molar-refractivity contribution in [2.24, 2.45) is 39.1 Å². The van der Waals surface area contributed by atoms with Gasteiger partial charge in [-0.1, -0.05) is 39.8 Å². The molecule has 1 aromatic carbocycles. The highest BCUT2D eigenvalue weighted by Gasteiger charge is 2.70. The predicted octanol–water partition coefficient (Wildman–Crippen LogP) is 2.93. The number of hydrogen-bond acceptors (Lipinski definition) is 8. The second-order valence-electron chi connectivity index (χ2n) is 13.0. The molecule has 1 heterocycles. The van der Waals surface area contributed by atoms with Gasteiger partial charge in [-0.25, -0.2) is 18.9 Å². The summed E-state index contributed by atoms with van der Waals surface area (Å²) >= 11 is 0. The van der Waals surface area contributed by atoms with E-state index in [1.54, 1.807) is 18.2 Å². The minimum atomic E-state index is -1.64. The molecule has 5 rings (SSSR count). The molecule has 226 valence electrons. The Morgan fingerprint density at radius 1 is 1.29 bits per heavy atom. The summed E-state index contributed by atoms with van der Waals surface area (Å²) < 4.78 is 27.1. The Morgan fingerprint density at radius 2 is 2.00 bits per heavy atom. The van der Waals surface area contributed by atoms with Crippen LogP contribution in [0, 0.1) is 34.0 Å². The quantitative estimate of drug-likeness (QED) is 0.272. The second-order valence-corrected chi connectivity index (χ2v) is 13.0. The average molecular weight is 584 g/mol. The lowest BCUT2D eigenvalue weighted by molar-refractivity contribution is -0.207. The van der Waals surface area contributed by atoms with Crippen LogP contribution in [0.1, 0.15) is 58.9 Å². The number of halogens is 1. The van der Waals surface area contributed by atoms with Gasteiger partial charge in [-0.05, 0) is 66.1 Å². The number of amides is 1. The summed E-state index contributed by atoms with van der Waals surface area (Å²) in [4.78, 5) is 38.6. The highest BCUT2D eigenvalue weighted by Crippen LogP contribution is 2.68. The number of carbonyl (C=O) groups excluding carboxylic acids is 2. The zero-order valence-electron chi connectivity index (χ0n) is 24.3. The van der Waals surface area contributed by atoms with Gasteiger partial charge < -0.3 is 24.7 Å². The summed E-state index contributed by atoms with van der Waals surface area (Å²) in [5.41, 5.74) is -1.79. The average Bonchev–Trinajstić information content (AvgIpc) is 3.23. The number of hydrazone groups is 1. The molecule has 4 aliphatic rings. The van der Waals surface area contributed by atoms with Crippen molar-refractivity contribution >= 4 is 36.6 Å². The van der Waals surface area contributed by atoms with Crippen LogP contribution >= 0.6 is 0 Å². The third-order valence-corrected chi connectivity index (χ3v) is 11.0. The molecular formula is C30H38BFN2O8. The third kappa shape index (κ3) is 4.45. The number of fused-ring (bicyclic) bond motifs is 1. The summed E-state index contributed by atoms with van der Waals surface area (Å²) in [6.07, 6.45) is -0.325. The Balaban J connectivity index is 1.42. The Morgan fingerprint density at radius 3 is 2.67 bits per heavy atom. The number of Topliss-reactive ketones (excluding diaryl/α,β-unsaturated/α-hetero) is 1. The van der Waals surface area contributed by atoms with Gasteiger partial charge in [0.1, 0.15) is 11.9 Å². The monoisotopic (exact) mass is 584 g/mol. The Labute approximate surface area is 244 Å². The van der Waals surface area contributed by atoms with Gasteiger partial charge in [-0.15, -0.1) is 6.58 Å². The van der Waals surface area contributed by atoms with Crippen molar-refractivity contribution < 1.29 is 43.5 Å². The molecule has 3 fully saturated rings. The number of benzene rings is 1. The van der Waals surface area contributed by atoms with E-state index in [9.17, 15) is 29.6 Å². The van der Waals surface area contributed by atoms with Crippen molar-refractivity contribution in [1.82, 2.24) is 4.92 Å². The first-order chi connectivity index (χ1) is 19.7. The van der Waals surface area contributed by atoms with Crippen molar-refractivity contribution in [3.8, 4) is 5.75 Å². The molecule has 3 saturated carbocycles. The van der Waals surface area contributed by atoms with Crippen LogP contribution in [0.5, 0.6) is 5.75 Å². The van der Waals surface area contributed by atoms with Crippen LogP contribution in [0.25, 0.3) is 0 Å². The second kappa shape index (κ2) is 10.5. The molecule has 0 aromatic heterocycles. The maximum atomic E-state index is 15.3. The van der Waals surface area contributed by atoms with Crippen LogP contribution in [-0.2, 0) is 14.3 Å². The summed E-state index contributed by atoms with van der Waals surface area (Å²) in [5.74, 6) is -2.15. The van der Waals surface area contributed by atoms with Crippen LogP contribution in [0.4, 0.5) is 9.18 Å². The summed E-state index contributed by atoms with van der Waals surface area (Å²) in [7, 11) is -1.55. The molecule has 3 aliphatic carbocycles. The van der Waals surface area contributed by atoms with E-state index in [1.165, 1.54) is 12.3 Å². The first-order valence-corrected chi connectivity index (χ1v) is 14.4. The summed E-state index contributed by atoms with van der Waals surface area (Å²) in [6, 6.07) is 4.56. The number of aliphatic hydroxyl groups is 1. The molecular weight excluding hydrogens is 546 g/mol. The molecule has 42 heavy (non-hydrogen) atoms. The van der Waals surface area contributed by atoms with Crippen molar-refractivity contribution in [1.29, 1.82) is 0 Å². The van der Waals surface area contributed by atoms with E-state index >= 15 is 4.39 Å². The number of rotatable bonds is 5. The Hall–Kier alpha value is -3.25. The molecule has 0 saturated heterocycles. The zero-order chi connectivity index (χ0) is 30.8. The van der Waals surface area contributed by atoms with E-state index in [2.05, 4.69) is 11.7 Å². The number of ether oxygens (including phenoxy) is 2. The fourth-order valence-electron chi connectivity index (χ4n) is 8.24.